The number of methoxy groups -OCH3 is 1. The van der Waals surface area contributed by atoms with Gasteiger partial charge in [0.2, 0.25) is 11.8 Å². The molecule has 422 valence electrons. The van der Waals surface area contributed by atoms with Crippen molar-refractivity contribution < 1.29 is 42.6 Å². The van der Waals surface area contributed by atoms with Gasteiger partial charge in [0.05, 0.1) is 39.2 Å². The number of halogens is 1. The number of aryl methyl sites for hydroxylation is 2. The van der Waals surface area contributed by atoms with Crippen LogP contribution >= 0.6 is 11.3 Å². The van der Waals surface area contributed by atoms with Crippen molar-refractivity contribution in [1.29, 1.82) is 0 Å². The Kier molecular flexibility index (Phi) is 16.3. The fourth-order valence-electron chi connectivity index (χ4n) is 12.7. The number of nitrogens with one attached hydrogen (secondary N) is 1. The fourth-order valence-corrected chi connectivity index (χ4v) is 13.6. The first-order valence-electron chi connectivity index (χ1n) is 28.4. The second-order valence-corrected chi connectivity index (χ2v) is 23.3. The molecule has 80 heavy (non-hydrogen) atoms. The van der Waals surface area contributed by atoms with Gasteiger partial charge < -0.3 is 43.7 Å². The number of pyridine rings is 1. The summed E-state index contributed by atoms with van der Waals surface area (Å²) < 4.78 is 47.6. The summed E-state index contributed by atoms with van der Waals surface area (Å²) in [5.74, 6) is -0.423. The summed E-state index contributed by atoms with van der Waals surface area (Å²) in [6.45, 7) is 13.0. The molecule has 11 rings (SSSR count). The zero-order valence-electron chi connectivity index (χ0n) is 46.6. The van der Waals surface area contributed by atoms with Gasteiger partial charge in [-0.15, -0.1) is 11.3 Å². The lowest BCUT2D eigenvalue weighted by Crippen LogP contribution is -2.48. The van der Waals surface area contributed by atoms with Gasteiger partial charge in [-0.25, -0.2) is 9.37 Å². The van der Waals surface area contributed by atoms with Crippen molar-refractivity contribution in [2.24, 2.45) is 5.92 Å². The second kappa shape index (κ2) is 23.7. The number of nitrogens with zero attached hydrogens (tertiary/aromatic N) is 8. The van der Waals surface area contributed by atoms with Crippen LogP contribution in [0.15, 0.2) is 76.9 Å². The number of ether oxygens (including phenoxy) is 4. The molecule has 0 radical (unpaired) electrons. The van der Waals surface area contributed by atoms with Gasteiger partial charge in [0, 0.05) is 57.0 Å². The molecule has 2 N–H and O–H groups in total. The highest BCUT2D eigenvalue weighted by molar-refractivity contribution is 7.13. The number of fused-ring (bicyclic) bond motifs is 3. The van der Waals surface area contributed by atoms with Gasteiger partial charge >= 0.3 is 6.01 Å². The highest BCUT2D eigenvalue weighted by Gasteiger charge is 2.50. The number of carbonyl (C=O) groups excluding carboxylic acids is 2. The standard InChI is InChI=1S/C61H72FN9O8S/c1-7-39-14-12-15-42-26-45(78-35-75-6)28-46(52(39)42)54-53(62)55-47(30-63-54)57(69-23-10-8-9-11-24-69)67-60(66-55)77-33-61-21-13-25-71(61)43(20-22-61)32-76-50-29-49(79-68-50)51(36(2)3)59(74)70-31-44(72)27-48(70)58(73)65-37(4)40-16-18-41(19-17-40)56-38(5)64-34-80-56/h12,14-19,26,28-30,34,36-37,43-44,48,51,72H,7-11,13,20-25,27,31-33,35H2,1-6H3,(H,65,73)/t37-,43-,44+,48-,51+,61+/m0/s1. The van der Waals surface area contributed by atoms with E-state index >= 15 is 4.39 Å². The first-order valence-corrected chi connectivity index (χ1v) is 29.3. The van der Waals surface area contributed by atoms with Crippen LogP contribution in [0.4, 0.5) is 10.2 Å². The first-order chi connectivity index (χ1) is 38.8. The Morgan fingerprint density at radius 1 is 0.963 bits per heavy atom. The third-order valence-electron chi connectivity index (χ3n) is 16.9. The van der Waals surface area contributed by atoms with Crippen LogP contribution < -0.4 is 24.4 Å². The Morgan fingerprint density at radius 3 is 2.52 bits per heavy atom. The maximum atomic E-state index is 17.6. The van der Waals surface area contributed by atoms with Gasteiger partial charge in [-0.3, -0.25) is 19.5 Å². The number of aromatic nitrogens is 5. The molecule has 8 heterocycles. The number of hydrogen-bond acceptors (Lipinski definition) is 16. The molecule has 4 aliphatic heterocycles. The molecule has 3 aromatic carbocycles. The summed E-state index contributed by atoms with van der Waals surface area (Å²) in [4.78, 5) is 54.8. The van der Waals surface area contributed by atoms with Crippen molar-refractivity contribution in [2.45, 2.75) is 135 Å². The van der Waals surface area contributed by atoms with E-state index in [4.69, 9.17) is 38.4 Å². The number of likely N-dealkylation sites (tertiary alicyclic amines) is 1. The molecule has 6 atom stereocenters. The van der Waals surface area contributed by atoms with Gasteiger partial charge in [0.15, 0.2) is 18.4 Å². The third kappa shape index (κ3) is 11.0. The molecule has 0 spiro atoms. The topological polar surface area (TPSA) is 191 Å². The van der Waals surface area contributed by atoms with Crippen LogP contribution in [0.2, 0.25) is 0 Å². The van der Waals surface area contributed by atoms with Crippen LogP contribution in [0.3, 0.4) is 0 Å². The number of rotatable bonds is 19. The van der Waals surface area contributed by atoms with Crippen molar-refractivity contribution in [2.75, 3.05) is 58.2 Å². The SMILES string of the molecule is CCc1cccc2cc(OCOC)cc(-c3ncc4c(N5CCCCCC5)nc(OC[C@]56CCCN5[C@H](COc5cc([C@H](C(=O)N7C[C@H](O)C[C@H]7C(=O)N[C@@H](C)c7ccc(-c8scnc8C)cc7)C(C)C)on5)CC6)nc4c3F)c12. The van der Waals surface area contributed by atoms with Crippen LogP contribution in [0.5, 0.6) is 17.6 Å². The molecule has 0 aliphatic carbocycles. The maximum absolute atomic E-state index is 17.6. The Hall–Kier alpha value is -6.80. The number of thiazole rings is 1. The summed E-state index contributed by atoms with van der Waals surface area (Å²) in [6, 6.07) is 18.5. The molecule has 4 aliphatic rings. The van der Waals surface area contributed by atoms with Crippen molar-refractivity contribution in [1.82, 2.24) is 40.2 Å². The quantitative estimate of drug-likeness (QED) is 0.0727. The smallest absolute Gasteiger partial charge is 0.319 e. The lowest BCUT2D eigenvalue weighted by Gasteiger charge is -2.34. The largest absolute Gasteiger partial charge is 0.474 e. The number of hydrogen-bond donors (Lipinski definition) is 2. The van der Waals surface area contributed by atoms with Crippen LogP contribution in [0.25, 0.3) is 43.4 Å². The molecule has 0 bridgehead atoms. The van der Waals surface area contributed by atoms with Gasteiger partial charge in [-0.05, 0) is 116 Å². The van der Waals surface area contributed by atoms with E-state index in [2.05, 4.69) is 38.2 Å². The molecule has 0 unspecified atom stereocenters. The molecule has 0 saturated carbocycles. The number of benzene rings is 3. The summed E-state index contributed by atoms with van der Waals surface area (Å²) in [7, 11) is 1.57. The Bertz CT molecular complexity index is 3350. The van der Waals surface area contributed by atoms with Gasteiger partial charge in [-0.1, -0.05) is 76.1 Å². The Labute approximate surface area is 470 Å². The van der Waals surface area contributed by atoms with Crippen LogP contribution in [0.1, 0.15) is 120 Å². The van der Waals surface area contributed by atoms with Gasteiger partial charge in [0.1, 0.15) is 48.0 Å². The average Bonchev–Trinajstić information content (AvgIpc) is 4.32. The number of anilines is 1. The molecular weight excluding hydrogens is 1040 g/mol. The lowest BCUT2D eigenvalue weighted by atomic mass is 9.91. The Balaban J connectivity index is 0.779. The zero-order valence-corrected chi connectivity index (χ0v) is 47.4. The molecular formula is C61H72FN9O8S. The molecule has 17 nitrogen and oxygen atoms in total. The van der Waals surface area contributed by atoms with E-state index in [1.54, 1.807) is 30.7 Å². The van der Waals surface area contributed by atoms with E-state index < -0.39 is 23.9 Å². The van der Waals surface area contributed by atoms with E-state index in [0.717, 1.165) is 115 Å². The number of aliphatic hydroxyl groups is 1. The summed E-state index contributed by atoms with van der Waals surface area (Å²) in [5.41, 5.74) is 6.48. The van der Waals surface area contributed by atoms with Crippen molar-refractivity contribution in [3.05, 3.63) is 101 Å². The van der Waals surface area contributed by atoms with Crippen molar-refractivity contribution in [3.63, 3.8) is 0 Å². The van der Waals surface area contributed by atoms with Gasteiger partial charge in [-0.2, -0.15) is 9.97 Å². The van der Waals surface area contributed by atoms with E-state index in [9.17, 15) is 14.7 Å². The van der Waals surface area contributed by atoms with Crippen molar-refractivity contribution in [3.8, 4) is 39.3 Å². The minimum Gasteiger partial charge on any atom is -0.474 e. The molecule has 7 aromatic rings. The molecule has 4 fully saturated rings. The van der Waals surface area contributed by atoms with Gasteiger partial charge in [0.25, 0.3) is 5.88 Å². The predicted octanol–water partition coefficient (Wildman–Crippen LogP) is 10.4. The zero-order chi connectivity index (χ0) is 55.7. The van der Waals surface area contributed by atoms with Crippen LogP contribution in [0, 0.1) is 18.7 Å². The summed E-state index contributed by atoms with van der Waals surface area (Å²) >= 11 is 1.59. The number of β-amino-alcohol motifs (C(OH)–C–C–N with tert-alkyl or cyclic N) is 1. The van der Waals surface area contributed by atoms with Crippen LogP contribution in [-0.4, -0.2) is 129 Å². The van der Waals surface area contributed by atoms with Crippen LogP contribution in [-0.2, 0) is 20.7 Å². The lowest BCUT2D eigenvalue weighted by molar-refractivity contribution is -0.141. The monoisotopic (exact) mass is 1110 g/mol. The molecule has 4 aromatic heterocycles. The summed E-state index contributed by atoms with van der Waals surface area (Å²) in [5, 5.41) is 20.6. The third-order valence-corrected chi connectivity index (χ3v) is 17.9. The van der Waals surface area contributed by atoms with E-state index in [0.29, 0.717) is 41.5 Å². The minimum absolute atomic E-state index is 0.0262. The average molecular weight is 1110 g/mol. The maximum Gasteiger partial charge on any atom is 0.319 e. The van der Waals surface area contributed by atoms with E-state index in [1.807, 2.05) is 81.7 Å². The highest BCUT2D eigenvalue weighted by atomic mass is 32.1. The number of aliphatic hydroxyl groups excluding tert-OH is 1. The highest BCUT2D eigenvalue weighted by Crippen LogP contribution is 2.44. The normalized spacial score (nSPS) is 21.3. The molecule has 19 heteroatoms. The molecule has 4 saturated heterocycles. The van der Waals surface area contributed by atoms with Crippen molar-refractivity contribution >= 4 is 50.6 Å². The van der Waals surface area contributed by atoms with E-state index in [1.165, 1.54) is 4.90 Å². The first kappa shape index (κ1) is 55.1. The summed E-state index contributed by atoms with van der Waals surface area (Å²) in [6.07, 6.45) is 9.54. The number of carbonyl (C=O) groups is 2. The minimum atomic E-state index is -0.863. The Morgan fingerprint density at radius 2 is 1.77 bits per heavy atom. The molecule has 2 amide bonds. The second-order valence-electron chi connectivity index (χ2n) is 22.4. The fraction of sp³-hybridized carbons (Fsp3) is 0.492. The predicted molar refractivity (Wildman–Crippen MR) is 305 cm³/mol. The number of amides is 2. The van der Waals surface area contributed by atoms with E-state index in [-0.39, 0.29) is 78.2 Å².